The quantitative estimate of drug-likeness (QED) is 0.379. The smallest absolute Gasteiger partial charge is 0.313 e. The van der Waals surface area contributed by atoms with Gasteiger partial charge in [-0.3, -0.25) is 14.4 Å². The van der Waals surface area contributed by atoms with Crippen LogP contribution in [-0.2, 0) is 14.4 Å². The summed E-state index contributed by atoms with van der Waals surface area (Å²) in [6.45, 7) is 1.91. The maximum absolute atomic E-state index is 13.3. The van der Waals surface area contributed by atoms with E-state index in [0.29, 0.717) is 15.0 Å². The number of benzene rings is 1. The number of nitrogens with zero attached hydrogens (tertiary/aromatic N) is 3. The van der Waals surface area contributed by atoms with Crippen molar-refractivity contribution >= 4 is 76.0 Å². The summed E-state index contributed by atoms with van der Waals surface area (Å²) in [6, 6.07) is 3.51. The second-order valence-corrected chi connectivity index (χ2v) is 12.5. The molecule has 8 nitrogen and oxygen atoms in total. The van der Waals surface area contributed by atoms with Crippen LogP contribution in [0.5, 0.6) is 0 Å². The van der Waals surface area contributed by atoms with E-state index in [1.165, 1.54) is 69.7 Å². The largest absolute Gasteiger partial charge is 0.481 e. The topological polar surface area (TPSA) is 112 Å². The van der Waals surface area contributed by atoms with Crippen LogP contribution in [0.4, 0.5) is 4.39 Å². The lowest BCUT2D eigenvalue weighted by atomic mass is 9.89. The highest BCUT2D eigenvalue weighted by Crippen LogP contribution is 2.44. The van der Waals surface area contributed by atoms with Gasteiger partial charge in [-0.1, -0.05) is 34.7 Å². The van der Waals surface area contributed by atoms with E-state index in [0.717, 1.165) is 5.01 Å². The number of carbonyl (C=O) groups excluding carboxylic acids is 2. The lowest BCUT2D eigenvalue weighted by Crippen LogP contribution is -2.74. The number of aromatic nitrogens is 2. The lowest BCUT2D eigenvalue weighted by Gasteiger charge is -2.53. The minimum atomic E-state index is -1.10. The molecule has 0 aliphatic carbocycles. The Labute approximate surface area is 210 Å². The first-order valence-corrected chi connectivity index (χ1v) is 13.9. The van der Waals surface area contributed by atoms with Crippen molar-refractivity contribution in [2.45, 2.75) is 27.6 Å². The number of carbonyl (C=O) groups is 3. The first-order valence-electron chi connectivity index (χ1n) is 9.64. The average Bonchev–Trinajstić information content (AvgIpc) is 3.21. The molecule has 3 heterocycles. The number of nitrogens with one attached hydrogen (secondary N) is 1. The van der Waals surface area contributed by atoms with Gasteiger partial charge in [0.2, 0.25) is 11.8 Å². The molecular formula is C19H18ClFN4O4S4. The highest BCUT2D eigenvalue weighted by molar-refractivity contribution is 8.01. The molecule has 2 saturated heterocycles. The third-order valence-electron chi connectivity index (χ3n) is 5.16. The molecule has 2 aromatic rings. The second kappa shape index (κ2) is 9.98. The van der Waals surface area contributed by atoms with Gasteiger partial charge in [0, 0.05) is 22.9 Å². The van der Waals surface area contributed by atoms with Crippen molar-refractivity contribution in [1.82, 2.24) is 20.4 Å². The first-order chi connectivity index (χ1) is 15.7. The molecule has 176 valence electrons. The number of hydrogen-bond donors (Lipinski definition) is 2. The molecule has 2 amide bonds. The van der Waals surface area contributed by atoms with E-state index in [9.17, 15) is 23.9 Å². The van der Waals surface area contributed by atoms with E-state index in [2.05, 4.69) is 15.5 Å². The number of thioether (sulfide) groups is 3. The number of carboxylic acid groups (broad SMARTS) is 1. The van der Waals surface area contributed by atoms with Crippen LogP contribution in [-0.4, -0.2) is 73.2 Å². The number of amides is 2. The highest BCUT2D eigenvalue weighted by Gasteiger charge is 2.57. The van der Waals surface area contributed by atoms with Crippen molar-refractivity contribution in [3.8, 4) is 0 Å². The fourth-order valence-corrected chi connectivity index (χ4v) is 8.04. The van der Waals surface area contributed by atoms with Gasteiger partial charge in [0.25, 0.3) is 0 Å². The van der Waals surface area contributed by atoms with Crippen LogP contribution in [0.25, 0.3) is 0 Å². The molecule has 4 rings (SSSR count). The molecule has 2 N–H and O–H groups in total. The summed E-state index contributed by atoms with van der Waals surface area (Å²) < 4.78 is 14.0. The minimum absolute atomic E-state index is 0.0230. The molecule has 2 fully saturated rings. The summed E-state index contributed by atoms with van der Waals surface area (Å²) >= 11 is 11.0. The Kier molecular flexibility index (Phi) is 7.44. The third-order valence-corrected chi connectivity index (χ3v) is 10.3. The predicted molar refractivity (Wildman–Crippen MR) is 127 cm³/mol. The second-order valence-electron chi connectivity index (χ2n) is 7.54. The lowest BCUT2D eigenvalue weighted by molar-refractivity contribution is -0.157. The molecule has 2 unspecified atom stereocenters. The molecule has 33 heavy (non-hydrogen) atoms. The van der Waals surface area contributed by atoms with Gasteiger partial charge >= 0.3 is 5.97 Å². The van der Waals surface area contributed by atoms with Gasteiger partial charge in [-0.15, -0.1) is 33.7 Å². The molecule has 2 aliphatic rings. The Bertz CT molecular complexity index is 1110. The van der Waals surface area contributed by atoms with E-state index in [-0.39, 0.29) is 40.3 Å². The molecule has 0 saturated carbocycles. The van der Waals surface area contributed by atoms with Crippen LogP contribution in [0.3, 0.4) is 0 Å². The summed E-state index contributed by atoms with van der Waals surface area (Å²) in [5, 5.41) is 21.1. The number of aliphatic carboxylic acids is 1. The Balaban J connectivity index is 1.31. The number of aryl methyl sites for hydroxylation is 1. The van der Waals surface area contributed by atoms with Gasteiger partial charge in [0.15, 0.2) is 4.34 Å². The van der Waals surface area contributed by atoms with Crippen LogP contribution in [0.15, 0.2) is 27.4 Å². The SMILES string of the molecule is Cc1nnc(SCC2(C(=O)O)CS[C@@H]3C(NC(=O)CSc4ccc(F)c(Cl)c4)C(=O)N3C2)s1. The Morgan fingerprint density at radius 2 is 2.18 bits per heavy atom. The van der Waals surface area contributed by atoms with Gasteiger partial charge in [0.05, 0.1) is 10.8 Å². The molecule has 0 spiro atoms. The molecule has 0 radical (unpaired) electrons. The Morgan fingerprint density at radius 1 is 1.39 bits per heavy atom. The van der Waals surface area contributed by atoms with Crippen LogP contribution in [0.1, 0.15) is 5.01 Å². The zero-order valence-electron chi connectivity index (χ0n) is 17.1. The maximum atomic E-state index is 13.3. The van der Waals surface area contributed by atoms with Crippen LogP contribution < -0.4 is 5.32 Å². The van der Waals surface area contributed by atoms with Crippen molar-refractivity contribution in [1.29, 1.82) is 0 Å². The van der Waals surface area contributed by atoms with Gasteiger partial charge in [-0.05, 0) is 25.1 Å². The predicted octanol–water partition coefficient (Wildman–Crippen LogP) is 2.99. The molecule has 2 aliphatic heterocycles. The fourth-order valence-electron chi connectivity index (χ4n) is 3.37. The summed E-state index contributed by atoms with van der Waals surface area (Å²) in [4.78, 5) is 39.3. The summed E-state index contributed by atoms with van der Waals surface area (Å²) in [7, 11) is 0. The van der Waals surface area contributed by atoms with Crippen molar-refractivity contribution in [2.24, 2.45) is 5.41 Å². The molecule has 1 aromatic carbocycles. The summed E-state index contributed by atoms with van der Waals surface area (Å²) in [6.07, 6.45) is 0. The standard InChI is InChI=1S/C19H18ClFN4O4S4/c1-9-23-24-18(33-9)32-8-19(17(28)29)6-25-15(27)14(16(25)31-7-19)22-13(26)5-30-10-2-3-12(21)11(20)4-10/h2-4,14,16H,5-8H2,1H3,(H,22,26)(H,28,29)/t14?,16-,19?/m1/s1. The number of carboxylic acids is 1. The van der Waals surface area contributed by atoms with Gasteiger partial charge in [-0.25, -0.2) is 4.39 Å². The fraction of sp³-hybridized carbons (Fsp3) is 0.421. The van der Waals surface area contributed by atoms with Crippen molar-refractivity contribution in [3.05, 3.63) is 34.0 Å². The normalized spacial score (nSPS) is 24.2. The van der Waals surface area contributed by atoms with Crippen molar-refractivity contribution in [3.63, 3.8) is 0 Å². The zero-order valence-corrected chi connectivity index (χ0v) is 21.1. The monoisotopic (exact) mass is 548 g/mol. The zero-order chi connectivity index (χ0) is 23.8. The Morgan fingerprint density at radius 3 is 2.85 bits per heavy atom. The first kappa shape index (κ1) is 24.6. The molecule has 0 bridgehead atoms. The highest BCUT2D eigenvalue weighted by atomic mass is 35.5. The van der Waals surface area contributed by atoms with Gasteiger partial charge in [-0.2, -0.15) is 0 Å². The number of β-lactam (4-membered cyclic amide) rings is 1. The number of rotatable bonds is 8. The van der Waals surface area contributed by atoms with Crippen molar-refractivity contribution in [2.75, 3.05) is 23.8 Å². The minimum Gasteiger partial charge on any atom is -0.481 e. The maximum Gasteiger partial charge on any atom is 0.313 e. The van der Waals surface area contributed by atoms with Crippen LogP contribution >= 0.6 is 58.2 Å². The van der Waals surface area contributed by atoms with E-state index in [1.807, 2.05) is 6.92 Å². The summed E-state index contributed by atoms with van der Waals surface area (Å²) in [5.74, 6) is -1.49. The summed E-state index contributed by atoms with van der Waals surface area (Å²) in [5.41, 5.74) is -1.10. The van der Waals surface area contributed by atoms with E-state index in [1.54, 1.807) is 0 Å². The number of fused-ring (bicyclic) bond motifs is 1. The third kappa shape index (κ3) is 5.26. The van der Waals surface area contributed by atoms with E-state index in [4.69, 9.17) is 11.6 Å². The Hall–Kier alpha value is -1.54. The van der Waals surface area contributed by atoms with E-state index < -0.39 is 23.2 Å². The van der Waals surface area contributed by atoms with Crippen molar-refractivity contribution < 1.29 is 23.9 Å². The molecular weight excluding hydrogens is 531 g/mol. The molecule has 3 atom stereocenters. The molecule has 14 heteroatoms. The van der Waals surface area contributed by atoms with Crippen LogP contribution in [0, 0.1) is 18.2 Å². The van der Waals surface area contributed by atoms with Crippen LogP contribution in [0.2, 0.25) is 5.02 Å². The van der Waals surface area contributed by atoms with Gasteiger partial charge < -0.3 is 15.3 Å². The van der Waals surface area contributed by atoms with Gasteiger partial charge in [0.1, 0.15) is 27.7 Å². The number of halogens is 2. The molecule has 1 aromatic heterocycles. The van der Waals surface area contributed by atoms with E-state index >= 15 is 0 Å². The average molecular weight is 549 g/mol. The number of hydrogen-bond acceptors (Lipinski definition) is 9.